The van der Waals surface area contributed by atoms with E-state index in [9.17, 15) is 18.0 Å². The lowest BCUT2D eigenvalue weighted by Gasteiger charge is -2.31. The Labute approximate surface area is 226 Å². The van der Waals surface area contributed by atoms with Gasteiger partial charge in [-0.1, -0.05) is 13.0 Å². The molecule has 0 spiro atoms. The maximum absolute atomic E-state index is 13.8. The van der Waals surface area contributed by atoms with E-state index in [0.717, 1.165) is 61.9 Å². The van der Waals surface area contributed by atoms with Gasteiger partial charge in [0, 0.05) is 55.4 Å². The van der Waals surface area contributed by atoms with E-state index in [1.165, 1.54) is 12.4 Å². The van der Waals surface area contributed by atoms with Crippen LogP contribution in [0.15, 0.2) is 55.1 Å². The molecular formula is C29H33F3N6O. The van der Waals surface area contributed by atoms with Crippen LogP contribution in [-0.2, 0) is 12.7 Å². The van der Waals surface area contributed by atoms with Crippen molar-refractivity contribution in [1.82, 2.24) is 25.1 Å². The first-order valence-electron chi connectivity index (χ1n) is 13.2. The molecule has 2 aliphatic rings. The minimum absolute atomic E-state index is 0.133. The van der Waals surface area contributed by atoms with Gasteiger partial charge in [0.2, 0.25) is 0 Å². The number of amides is 1. The number of likely N-dealkylation sites (N-methyl/N-ethyl adjacent to an activating group) is 1. The summed E-state index contributed by atoms with van der Waals surface area (Å²) in [5.74, 6) is -0.219. The molecule has 1 fully saturated rings. The fraction of sp³-hybridized carbons (Fsp3) is 0.414. The van der Waals surface area contributed by atoms with Gasteiger partial charge in [0.15, 0.2) is 0 Å². The van der Waals surface area contributed by atoms with E-state index in [1.807, 2.05) is 12.1 Å². The Morgan fingerprint density at radius 1 is 1.05 bits per heavy atom. The van der Waals surface area contributed by atoms with Crippen LogP contribution in [-0.4, -0.2) is 65.4 Å². The molecular weight excluding hydrogens is 505 g/mol. The molecule has 2 atom stereocenters. The largest absolute Gasteiger partial charge is 0.416 e. The minimum atomic E-state index is -4.52. The van der Waals surface area contributed by atoms with Crippen LogP contribution in [0.1, 0.15) is 63.5 Å². The molecule has 1 amide bonds. The lowest BCUT2D eigenvalue weighted by Crippen LogP contribution is -2.33. The Morgan fingerprint density at radius 3 is 2.62 bits per heavy atom. The summed E-state index contributed by atoms with van der Waals surface area (Å²) in [7, 11) is 2.05. The van der Waals surface area contributed by atoms with Crippen LogP contribution < -0.4 is 10.6 Å². The number of anilines is 1. The molecule has 5 rings (SSSR count). The summed E-state index contributed by atoms with van der Waals surface area (Å²) in [5, 5.41) is 6.22. The number of fused-ring (bicyclic) bond motifs is 1. The molecule has 3 heterocycles. The van der Waals surface area contributed by atoms with Crippen LogP contribution in [0.3, 0.4) is 0 Å². The highest BCUT2D eigenvalue weighted by Crippen LogP contribution is 2.35. The van der Waals surface area contributed by atoms with Crippen molar-refractivity contribution in [2.75, 3.05) is 45.1 Å². The normalized spacial score (nSPS) is 20.7. The number of carbonyl (C=O) groups is 1. The number of aromatic nitrogens is 2. The molecule has 1 aromatic heterocycles. The first kappa shape index (κ1) is 27.2. The molecule has 2 aromatic carbocycles. The van der Waals surface area contributed by atoms with Crippen molar-refractivity contribution in [2.24, 2.45) is 0 Å². The summed E-state index contributed by atoms with van der Waals surface area (Å²) in [4.78, 5) is 25.9. The van der Waals surface area contributed by atoms with Crippen LogP contribution >= 0.6 is 0 Å². The van der Waals surface area contributed by atoms with Gasteiger partial charge in [0.05, 0.1) is 11.6 Å². The van der Waals surface area contributed by atoms with Gasteiger partial charge in [0.1, 0.15) is 6.33 Å². The van der Waals surface area contributed by atoms with Gasteiger partial charge in [0.25, 0.3) is 5.91 Å². The summed E-state index contributed by atoms with van der Waals surface area (Å²) in [6.45, 7) is 6.69. The lowest BCUT2D eigenvalue weighted by molar-refractivity contribution is -0.137. The number of nitrogens with one attached hydrogen (secondary N) is 2. The molecule has 2 unspecified atom stereocenters. The quantitative estimate of drug-likeness (QED) is 0.492. The van der Waals surface area contributed by atoms with Gasteiger partial charge in [-0.3, -0.25) is 9.69 Å². The zero-order chi connectivity index (χ0) is 27.6. The third-order valence-electron chi connectivity index (χ3n) is 7.53. The molecule has 0 aliphatic carbocycles. The van der Waals surface area contributed by atoms with E-state index in [0.29, 0.717) is 17.7 Å². The van der Waals surface area contributed by atoms with Crippen LogP contribution in [0.5, 0.6) is 0 Å². The predicted molar refractivity (Wildman–Crippen MR) is 144 cm³/mol. The first-order valence-corrected chi connectivity index (χ1v) is 13.2. The standard InChI is InChI=1S/C29H33F3N6O/c1-19-14-35-27(22-15-33-18-34-16-22)26-12-21(4-5-25(19)26)28(39)36-24-11-20(10-23(13-24)29(30,31)32)17-38-7-3-6-37(2)8-9-38/h4-5,10-13,15-16,18-19,27,35H,3,6-9,14,17H2,1-2H3,(H,36,39). The second-order valence-electron chi connectivity index (χ2n) is 10.6. The van der Waals surface area contributed by atoms with Crippen LogP contribution in [0, 0.1) is 0 Å². The van der Waals surface area contributed by atoms with E-state index in [-0.39, 0.29) is 17.6 Å². The number of hydrogen-bond acceptors (Lipinski definition) is 6. The van der Waals surface area contributed by atoms with Gasteiger partial charge < -0.3 is 15.5 Å². The Kier molecular flexibility index (Phi) is 7.97. The molecule has 1 saturated heterocycles. The summed E-state index contributed by atoms with van der Waals surface area (Å²) >= 11 is 0. The van der Waals surface area contributed by atoms with Crippen molar-refractivity contribution in [3.63, 3.8) is 0 Å². The van der Waals surface area contributed by atoms with E-state index in [1.54, 1.807) is 24.5 Å². The average Bonchev–Trinajstić information content (AvgIpc) is 3.12. The average molecular weight is 539 g/mol. The fourth-order valence-electron chi connectivity index (χ4n) is 5.43. The van der Waals surface area contributed by atoms with Crippen molar-refractivity contribution in [1.29, 1.82) is 0 Å². The van der Waals surface area contributed by atoms with Gasteiger partial charge >= 0.3 is 6.18 Å². The van der Waals surface area contributed by atoms with E-state index in [4.69, 9.17) is 0 Å². The fourth-order valence-corrected chi connectivity index (χ4v) is 5.43. The Morgan fingerprint density at radius 2 is 1.85 bits per heavy atom. The third-order valence-corrected chi connectivity index (χ3v) is 7.53. The first-order chi connectivity index (χ1) is 18.7. The van der Waals surface area contributed by atoms with E-state index < -0.39 is 17.6 Å². The van der Waals surface area contributed by atoms with Crippen molar-refractivity contribution >= 4 is 11.6 Å². The number of hydrogen-bond donors (Lipinski definition) is 2. The molecule has 0 saturated carbocycles. The van der Waals surface area contributed by atoms with Crippen LogP contribution in [0.25, 0.3) is 0 Å². The molecule has 0 radical (unpaired) electrons. The van der Waals surface area contributed by atoms with E-state index in [2.05, 4.69) is 44.4 Å². The Hall–Kier alpha value is -3.34. The van der Waals surface area contributed by atoms with Crippen molar-refractivity contribution in [2.45, 2.75) is 38.0 Å². The third kappa shape index (κ3) is 6.46. The predicted octanol–water partition coefficient (Wildman–Crippen LogP) is 4.68. The molecule has 2 aliphatic heterocycles. The molecule has 206 valence electrons. The number of halogens is 3. The maximum Gasteiger partial charge on any atom is 0.416 e. The summed E-state index contributed by atoms with van der Waals surface area (Å²) in [5.41, 5.74) is 3.20. The van der Waals surface area contributed by atoms with E-state index >= 15 is 0 Å². The van der Waals surface area contributed by atoms with Gasteiger partial charge in [-0.05, 0) is 79.5 Å². The second kappa shape index (κ2) is 11.4. The van der Waals surface area contributed by atoms with Gasteiger partial charge in [-0.15, -0.1) is 0 Å². The lowest BCUT2D eigenvalue weighted by atomic mass is 9.84. The minimum Gasteiger partial charge on any atom is -0.322 e. The topological polar surface area (TPSA) is 73.4 Å². The molecule has 7 nitrogen and oxygen atoms in total. The number of benzene rings is 2. The highest BCUT2D eigenvalue weighted by atomic mass is 19.4. The van der Waals surface area contributed by atoms with Crippen molar-refractivity contribution in [3.8, 4) is 0 Å². The van der Waals surface area contributed by atoms with Gasteiger partial charge in [-0.2, -0.15) is 13.2 Å². The molecule has 0 bridgehead atoms. The molecule has 3 aromatic rings. The van der Waals surface area contributed by atoms with Crippen LogP contribution in [0.2, 0.25) is 0 Å². The zero-order valence-corrected chi connectivity index (χ0v) is 22.1. The highest BCUT2D eigenvalue weighted by molar-refractivity contribution is 6.04. The number of nitrogens with zero attached hydrogens (tertiary/aromatic N) is 4. The summed E-state index contributed by atoms with van der Waals surface area (Å²) < 4.78 is 41.3. The number of rotatable bonds is 5. The van der Waals surface area contributed by atoms with Gasteiger partial charge in [-0.25, -0.2) is 9.97 Å². The zero-order valence-electron chi connectivity index (χ0n) is 22.1. The summed E-state index contributed by atoms with van der Waals surface area (Å²) in [6, 6.07) is 9.13. The number of carbonyl (C=O) groups excluding carboxylic acids is 1. The number of alkyl halides is 3. The van der Waals surface area contributed by atoms with Crippen LogP contribution in [0.4, 0.5) is 18.9 Å². The monoisotopic (exact) mass is 538 g/mol. The van der Waals surface area contributed by atoms with Crippen molar-refractivity contribution < 1.29 is 18.0 Å². The Balaban J connectivity index is 1.41. The highest BCUT2D eigenvalue weighted by Gasteiger charge is 2.32. The second-order valence-corrected chi connectivity index (χ2v) is 10.6. The maximum atomic E-state index is 13.8. The molecule has 10 heteroatoms. The SMILES string of the molecule is CC1CNC(c2cncnc2)c2cc(C(=O)Nc3cc(CN4CCCN(C)CC4)cc(C(F)(F)F)c3)ccc21. The Bertz CT molecular complexity index is 1320. The molecule has 2 N–H and O–H groups in total. The smallest absolute Gasteiger partial charge is 0.322 e. The summed E-state index contributed by atoms with van der Waals surface area (Å²) in [6.07, 6.45) is 1.38. The molecule has 39 heavy (non-hydrogen) atoms. The van der Waals surface area contributed by atoms with Crippen molar-refractivity contribution in [3.05, 3.63) is 88.5 Å².